The Balaban J connectivity index is 1.62. The summed E-state index contributed by atoms with van der Waals surface area (Å²) in [5.41, 5.74) is 1.95. The molecule has 2 heterocycles. The van der Waals surface area contributed by atoms with Crippen LogP contribution >= 0.6 is 23.1 Å². The molecule has 1 aliphatic rings. The van der Waals surface area contributed by atoms with E-state index >= 15 is 0 Å². The third kappa shape index (κ3) is 5.20. The van der Waals surface area contributed by atoms with Crippen LogP contribution in [-0.2, 0) is 19.6 Å². The lowest BCUT2D eigenvalue weighted by Gasteiger charge is -2.25. The van der Waals surface area contributed by atoms with Gasteiger partial charge in [0.1, 0.15) is 0 Å². The molecular formula is C16H21N5O4S3. The van der Waals surface area contributed by atoms with Crippen molar-refractivity contribution < 1.29 is 17.9 Å². The van der Waals surface area contributed by atoms with Crippen LogP contribution in [-0.4, -0.2) is 56.6 Å². The summed E-state index contributed by atoms with van der Waals surface area (Å²) < 4.78 is 29.2. The summed E-state index contributed by atoms with van der Waals surface area (Å²) in [6.45, 7) is 6.46. The van der Waals surface area contributed by atoms with Gasteiger partial charge in [-0.1, -0.05) is 23.1 Å². The Kier molecular flexibility index (Phi) is 6.55. The van der Waals surface area contributed by atoms with Gasteiger partial charge in [0.15, 0.2) is 4.34 Å². The third-order valence-electron chi connectivity index (χ3n) is 4.25. The van der Waals surface area contributed by atoms with E-state index < -0.39 is 10.0 Å². The Morgan fingerprint density at radius 2 is 2.04 bits per heavy atom. The van der Waals surface area contributed by atoms with Crippen molar-refractivity contribution in [2.75, 3.05) is 42.3 Å². The Hall–Kier alpha value is -1.73. The van der Waals surface area contributed by atoms with Crippen molar-refractivity contribution in [3.05, 3.63) is 23.3 Å². The Morgan fingerprint density at radius 1 is 1.32 bits per heavy atom. The molecule has 1 aromatic carbocycles. The molecule has 0 atom stereocenters. The van der Waals surface area contributed by atoms with Crippen LogP contribution in [0.5, 0.6) is 0 Å². The largest absolute Gasteiger partial charge is 0.378 e. The molecule has 0 radical (unpaired) electrons. The molecule has 3 rings (SSSR count). The zero-order valence-electron chi connectivity index (χ0n) is 15.5. The number of aryl methyl sites for hydroxylation is 1. The van der Waals surface area contributed by atoms with E-state index in [0.29, 0.717) is 23.2 Å². The van der Waals surface area contributed by atoms with Crippen LogP contribution in [0.1, 0.15) is 11.1 Å². The number of primary sulfonamides is 1. The predicted molar refractivity (Wildman–Crippen MR) is 110 cm³/mol. The number of benzene rings is 1. The molecular weight excluding hydrogens is 422 g/mol. The van der Waals surface area contributed by atoms with Gasteiger partial charge in [-0.2, -0.15) is 0 Å². The second-order valence-electron chi connectivity index (χ2n) is 6.24. The van der Waals surface area contributed by atoms with Gasteiger partial charge in [0.05, 0.1) is 23.9 Å². The first-order chi connectivity index (χ1) is 13.2. The zero-order valence-corrected chi connectivity index (χ0v) is 17.9. The number of thioether (sulfide) groups is 1. The SMILES string of the molecule is Cc1cc(S(N)(=O)=O)cc(NC(=O)CSc2nnc(N3CCOCC3)s2)c1C. The molecule has 0 saturated carbocycles. The van der Waals surface area contributed by atoms with Gasteiger partial charge >= 0.3 is 0 Å². The predicted octanol–water partition coefficient (Wildman–Crippen LogP) is 1.37. The number of nitrogens with two attached hydrogens (primary N) is 1. The Labute approximate surface area is 171 Å². The van der Waals surface area contributed by atoms with Crippen LogP contribution in [0.15, 0.2) is 21.4 Å². The average Bonchev–Trinajstić information content (AvgIpc) is 3.12. The first kappa shape index (κ1) is 21.0. The van der Waals surface area contributed by atoms with Crippen molar-refractivity contribution in [2.24, 2.45) is 5.14 Å². The van der Waals surface area contributed by atoms with Crippen LogP contribution in [0.3, 0.4) is 0 Å². The molecule has 0 bridgehead atoms. The van der Waals surface area contributed by atoms with Gasteiger partial charge in [0, 0.05) is 18.8 Å². The van der Waals surface area contributed by atoms with E-state index in [2.05, 4.69) is 20.4 Å². The van der Waals surface area contributed by atoms with Crippen molar-refractivity contribution >= 4 is 49.8 Å². The Morgan fingerprint density at radius 3 is 2.71 bits per heavy atom. The number of nitrogens with zero attached hydrogens (tertiary/aromatic N) is 3. The molecule has 12 heteroatoms. The van der Waals surface area contributed by atoms with Crippen LogP contribution < -0.4 is 15.4 Å². The number of ether oxygens (including phenoxy) is 1. The number of rotatable bonds is 6. The first-order valence-corrected chi connectivity index (χ1v) is 11.8. The van der Waals surface area contributed by atoms with Crippen LogP contribution in [0.4, 0.5) is 10.8 Å². The number of hydrogen-bond acceptors (Lipinski definition) is 9. The molecule has 1 fully saturated rings. The molecule has 0 aliphatic carbocycles. The molecule has 1 amide bonds. The third-order valence-corrected chi connectivity index (χ3v) is 7.26. The van der Waals surface area contributed by atoms with Crippen molar-refractivity contribution in [3.63, 3.8) is 0 Å². The molecule has 1 aliphatic heterocycles. The lowest BCUT2D eigenvalue weighted by Crippen LogP contribution is -2.36. The fraction of sp³-hybridized carbons (Fsp3) is 0.438. The monoisotopic (exact) mass is 443 g/mol. The van der Waals surface area contributed by atoms with E-state index in [4.69, 9.17) is 9.88 Å². The van der Waals surface area contributed by atoms with Gasteiger partial charge < -0.3 is 15.0 Å². The number of sulfonamides is 1. The van der Waals surface area contributed by atoms with Gasteiger partial charge in [-0.25, -0.2) is 13.6 Å². The summed E-state index contributed by atoms with van der Waals surface area (Å²) in [4.78, 5) is 14.4. The minimum Gasteiger partial charge on any atom is -0.378 e. The molecule has 2 aromatic rings. The van der Waals surface area contributed by atoms with Crippen LogP contribution in [0.25, 0.3) is 0 Å². The number of nitrogens with one attached hydrogen (secondary N) is 1. The summed E-state index contributed by atoms with van der Waals surface area (Å²) in [7, 11) is -3.85. The number of carbonyl (C=O) groups excluding carboxylic acids is 1. The van der Waals surface area contributed by atoms with Gasteiger partial charge in [-0.05, 0) is 37.1 Å². The highest BCUT2D eigenvalue weighted by atomic mass is 32.2. The number of anilines is 2. The van der Waals surface area contributed by atoms with E-state index in [1.807, 2.05) is 6.92 Å². The molecule has 3 N–H and O–H groups in total. The van der Waals surface area contributed by atoms with Gasteiger partial charge in [0.2, 0.25) is 21.1 Å². The maximum atomic E-state index is 12.3. The minimum atomic E-state index is -3.85. The summed E-state index contributed by atoms with van der Waals surface area (Å²) in [5, 5.41) is 17.1. The molecule has 28 heavy (non-hydrogen) atoms. The van der Waals surface area contributed by atoms with E-state index in [1.165, 1.54) is 35.2 Å². The van der Waals surface area contributed by atoms with Gasteiger partial charge in [-0.15, -0.1) is 10.2 Å². The number of carbonyl (C=O) groups is 1. The number of morpholine rings is 1. The molecule has 0 spiro atoms. The average molecular weight is 444 g/mol. The fourth-order valence-electron chi connectivity index (χ4n) is 2.58. The maximum absolute atomic E-state index is 12.3. The smallest absolute Gasteiger partial charge is 0.238 e. The van der Waals surface area contributed by atoms with Crippen molar-refractivity contribution in [2.45, 2.75) is 23.1 Å². The first-order valence-electron chi connectivity index (χ1n) is 8.47. The highest BCUT2D eigenvalue weighted by Crippen LogP contribution is 2.29. The van der Waals surface area contributed by atoms with E-state index in [-0.39, 0.29) is 16.6 Å². The standard InChI is InChI=1S/C16H21N5O4S3/c1-10-7-12(28(17,23)24)8-13(11(10)2)18-14(22)9-26-16-20-19-15(27-16)21-3-5-25-6-4-21/h7-8H,3-6,9H2,1-2H3,(H,18,22)(H2,17,23,24). The second-order valence-corrected chi connectivity index (χ2v) is 9.98. The van der Waals surface area contributed by atoms with Gasteiger partial charge in [0.25, 0.3) is 0 Å². The van der Waals surface area contributed by atoms with Crippen molar-refractivity contribution in [3.8, 4) is 0 Å². The molecule has 9 nitrogen and oxygen atoms in total. The fourth-order valence-corrected chi connectivity index (χ4v) is 4.89. The quantitative estimate of drug-likeness (QED) is 0.641. The van der Waals surface area contributed by atoms with Crippen molar-refractivity contribution in [1.29, 1.82) is 0 Å². The van der Waals surface area contributed by atoms with Crippen LogP contribution in [0, 0.1) is 13.8 Å². The summed E-state index contributed by atoms with van der Waals surface area (Å²) in [6.07, 6.45) is 0. The van der Waals surface area contributed by atoms with E-state index in [9.17, 15) is 13.2 Å². The van der Waals surface area contributed by atoms with Gasteiger partial charge in [-0.3, -0.25) is 4.79 Å². The maximum Gasteiger partial charge on any atom is 0.238 e. The van der Waals surface area contributed by atoms with E-state index in [1.54, 1.807) is 6.92 Å². The number of amides is 1. The Bertz CT molecular complexity index is 971. The summed E-state index contributed by atoms with van der Waals surface area (Å²) in [6, 6.07) is 2.87. The summed E-state index contributed by atoms with van der Waals surface area (Å²) in [5.74, 6) is -0.127. The molecule has 1 aromatic heterocycles. The molecule has 1 saturated heterocycles. The minimum absolute atomic E-state index is 0.0298. The van der Waals surface area contributed by atoms with Crippen molar-refractivity contribution in [1.82, 2.24) is 10.2 Å². The summed E-state index contributed by atoms with van der Waals surface area (Å²) >= 11 is 2.72. The highest BCUT2D eigenvalue weighted by Gasteiger charge is 2.17. The normalized spacial score (nSPS) is 14.9. The highest BCUT2D eigenvalue weighted by molar-refractivity contribution is 8.01. The number of aromatic nitrogens is 2. The number of hydrogen-bond donors (Lipinski definition) is 2. The second kappa shape index (κ2) is 8.74. The zero-order chi connectivity index (χ0) is 20.3. The molecule has 0 unspecified atom stereocenters. The van der Waals surface area contributed by atoms with E-state index in [0.717, 1.165) is 29.3 Å². The topological polar surface area (TPSA) is 128 Å². The molecule has 152 valence electrons. The lowest BCUT2D eigenvalue weighted by molar-refractivity contribution is -0.113. The lowest BCUT2D eigenvalue weighted by atomic mass is 10.1. The van der Waals surface area contributed by atoms with Crippen LogP contribution in [0.2, 0.25) is 0 Å².